The summed E-state index contributed by atoms with van der Waals surface area (Å²) in [7, 11) is 0. The minimum atomic E-state index is -0.314. The molecule has 1 amide bonds. The first-order valence-corrected chi connectivity index (χ1v) is 8.56. The number of hydrogen-bond acceptors (Lipinski definition) is 4. The number of halogens is 1. The van der Waals surface area contributed by atoms with Crippen molar-refractivity contribution in [2.24, 2.45) is 0 Å². The number of carbonyl (C=O) groups is 1. The summed E-state index contributed by atoms with van der Waals surface area (Å²) < 4.78 is 10.7. The average molecular weight is 379 g/mol. The van der Waals surface area contributed by atoms with Crippen molar-refractivity contribution in [1.82, 2.24) is 5.32 Å². The number of hydrogen-bond donors (Lipinski definition) is 2. The van der Waals surface area contributed by atoms with E-state index >= 15 is 0 Å². The second kappa shape index (κ2) is 9.98. The quantitative estimate of drug-likeness (QED) is 0.565. The molecule has 0 heterocycles. The van der Waals surface area contributed by atoms with E-state index in [1.807, 2.05) is 19.1 Å². The van der Waals surface area contributed by atoms with E-state index in [-0.39, 0.29) is 11.0 Å². The van der Waals surface area contributed by atoms with E-state index in [0.29, 0.717) is 41.8 Å². The van der Waals surface area contributed by atoms with Crippen molar-refractivity contribution in [1.29, 1.82) is 0 Å². The molecule has 0 fully saturated rings. The van der Waals surface area contributed by atoms with Gasteiger partial charge in [0.15, 0.2) is 5.11 Å². The fraction of sp³-hybridized carbons (Fsp3) is 0.222. The van der Waals surface area contributed by atoms with Crippen LogP contribution in [0.25, 0.3) is 0 Å². The molecule has 132 valence electrons. The van der Waals surface area contributed by atoms with Crippen molar-refractivity contribution in [2.45, 2.75) is 6.92 Å². The Labute approximate surface area is 157 Å². The molecule has 0 aliphatic heterocycles. The van der Waals surface area contributed by atoms with Crippen molar-refractivity contribution in [3.05, 3.63) is 59.1 Å². The summed E-state index contributed by atoms with van der Waals surface area (Å²) in [5.74, 6) is 0.360. The normalized spacial score (nSPS) is 10.2. The molecule has 0 aliphatic carbocycles. The first-order chi connectivity index (χ1) is 12.1. The van der Waals surface area contributed by atoms with E-state index in [1.165, 1.54) is 0 Å². The third kappa shape index (κ3) is 6.34. The van der Waals surface area contributed by atoms with Crippen LogP contribution >= 0.6 is 23.8 Å². The van der Waals surface area contributed by atoms with Gasteiger partial charge in [-0.05, 0) is 55.5 Å². The summed E-state index contributed by atoms with van der Waals surface area (Å²) in [5.41, 5.74) is 1.10. The lowest BCUT2D eigenvalue weighted by Crippen LogP contribution is -2.34. The Morgan fingerprint density at radius 2 is 1.84 bits per heavy atom. The first kappa shape index (κ1) is 19.2. The average Bonchev–Trinajstić information content (AvgIpc) is 2.61. The van der Waals surface area contributed by atoms with Crippen LogP contribution in [0.15, 0.2) is 48.5 Å². The van der Waals surface area contributed by atoms with Crippen LogP contribution in [-0.4, -0.2) is 30.8 Å². The Balaban J connectivity index is 1.85. The Kier molecular flexibility index (Phi) is 7.66. The van der Waals surface area contributed by atoms with E-state index in [4.69, 9.17) is 33.3 Å². The van der Waals surface area contributed by atoms with Crippen molar-refractivity contribution in [3.63, 3.8) is 0 Å². The molecule has 0 unspecified atom stereocenters. The fourth-order valence-electron chi connectivity index (χ4n) is 1.96. The second-order valence-electron chi connectivity index (χ2n) is 4.96. The molecule has 0 aromatic heterocycles. The summed E-state index contributed by atoms with van der Waals surface area (Å²) in [4.78, 5) is 12.2. The van der Waals surface area contributed by atoms with Crippen molar-refractivity contribution >= 4 is 40.5 Å². The highest BCUT2D eigenvalue weighted by Crippen LogP contribution is 2.20. The predicted molar refractivity (Wildman–Crippen MR) is 104 cm³/mol. The lowest BCUT2D eigenvalue weighted by Gasteiger charge is -2.11. The van der Waals surface area contributed by atoms with Crippen LogP contribution in [0.4, 0.5) is 5.69 Å². The Hall–Kier alpha value is -2.15. The number of nitrogens with one attached hydrogen (secondary N) is 2. The van der Waals surface area contributed by atoms with Gasteiger partial charge >= 0.3 is 0 Å². The van der Waals surface area contributed by atoms with Gasteiger partial charge in [-0.15, -0.1) is 0 Å². The number of ether oxygens (including phenoxy) is 2. The smallest absolute Gasteiger partial charge is 0.257 e. The number of thiocarbonyl (C=S) groups is 1. The van der Waals surface area contributed by atoms with Crippen molar-refractivity contribution in [2.75, 3.05) is 25.1 Å². The molecule has 0 saturated carbocycles. The largest absolute Gasteiger partial charge is 0.491 e. The zero-order valence-electron chi connectivity index (χ0n) is 13.8. The summed E-state index contributed by atoms with van der Waals surface area (Å²) in [6, 6.07) is 13.9. The van der Waals surface area contributed by atoms with Gasteiger partial charge in [0.05, 0.1) is 17.3 Å². The maximum atomic E-state index is 12.2. The topological polar surface area (TPSA) is 59.6 Å². The number of carbonyl (C=O) groups excluding carboxylic acids is 1. The van der Waals surface area contributed by atoms with Gasteiger partial charge < -0.3 is 14.8 Å². The SMILES string of the molecule is CCOCCOc1ccc(C(=O)NC(=S)Nc2ccccc2Cl)cc1. The van der Waals surface area contributed by atoms with Crippen LogP contribution < -0.4 is 15.4 Å². The number of amides is 1. The first-order valence-electron chi connectivity index (χ1n) is 7.77. The summed E-state index contributed by atoms with van der Waals surface area (Å²) in [5, 5.41) is 6.20. The number of anilines is 1. The Morgan fingerprint density at radius 3 is 2.52 bits per heavy atom. The number of rotatable bonds is 7. The van der Waals surface area contributed by atoms with Crippen LogP contribution in [0, 0.1) is 0 Å². The van der Waals surface area contributed by atoms with Gasteiger partial charge in [0.2, 0.25) is 0 Å². The number of benzene rings is 2. The van der Waals surface area contributed by atoms with Gasteiger partial charge in [-0.25, -0.2) is 0 Å². The van der Waals surface area contributed by atoms with Crippen LogP contribution in [0.1, 0.15) is 17.3 Å². The second-order valence-corrected chi connectivity index (χ2v) is 5.77. The molecule has 7 heteroatoms. The van der Waals surface area contributed by atoms with Crippen LogP contribution in [-0.2, 0) is 4.74 Å². The zero-order chi connectivity index (χ0) is 18.1. The van der Waals surface area contributed by atoms with Crippen molar-refractivity contribution in [3.8, 4) is 5.75 Å². The molecular formula is C18H19ClN2O3S. The third-order valence-corrected chi connectivity index (χ3v) is 3.70. The van der Waals surface area contributed by atoms with E-state index < -0.39 is 0 Å². The van der Waals surface area contributed by atoms with Crippen LogP contribution in [0.2, 0.25) is 5.02 Å². The van der Waals surface area contributed by atoms with Crippen LogP contribution in [0.5, 0.6) is 5.75 Å². The molecule has 0 bridgehead atoms. The maximum Gasteiger partial charge on any atom is 0.257 e. The molecule has 0 saturated heterocycles. The molecular weight excluding hydrogens is 360 g/mol. The molecule has 2 aromatic carbocycles. The van der Waals surface area contributed by atoms with Gasteiger partial charge in [-0.2, -0.15) is 0 Å². The van der Waals surface area contributed by atoms with Gasteiger partial charge in [-0.1, -0.05) is 23.7 Å². The number of para-hydroxylation sites is 1. The van der Waals surface area contributed by atoms with E-state index in [0.717, 1.165) is 0 Å². The summed E-state index contributed by atoms with van der Waals surface area (Å²) >= 11 is 11.2. The van der Waals surface area contributed by atoms with Gasteiger partial charge in [0.1, 0.15) is 12.4 Å². The maximum absolute atomic E-state index is 12.2. The standard InChI is InChI=1S/C18H19ClN2O3S/c1-2-23-11-12-24-14-9-7-13(8-10-14)17(22)21-18(25)20-16-6-4-3-5-15(16)19/h3-10H,2,11-12H2,1H3,(H2,20,21,22,25). The highest BCUT2D eigenvalue weighted by Gasteiger charge is 2.09. The Bertz CT molecular complexity index is 723. The Morgan fingerprint density at radius 1 is 1.12 bits per heavy atom. The minimum absolute atomic E-state index is 0.176. The molecule has 5 nitrogen and oxygen atoms in total. The molecule has 2 rings (SSSR count). The summed E-state index contributed by atoms with van der Waals surface area (Å²) in [6.07, 6.45) is 0. The van der Waals surface area contributed by atoms with Crippen molar-refractivity contribution < 1.29 is 14.3 Å². The van der Waals surface area contributed by atoms with Gasteiger partial charge in [0, 0.05) is 12.2 Å². The monoisotopic (exact) mass is 378 g/mol. The molecule has 0 atom stereocenters. The highest BCUT2D eigenvalue weighted by atomic mass is 35.5. The third-order valence-electron chi connectivity index (χ3n) is 3.17. The molecule has 0 radical (unpaired) electrons. The lowest BCUT2D eigenvalue weighted by atomic mass is 10.2. The molecule has 2 N–H and O–H groups in total. The molecule has 0 spiro atoms. The van der Waals surface area contributed by atoms with Crippen LogP contribution in [0.3, 0.4) is 0 Å². The minimum Gasteiger partial charge on any atom is -0.491 e. The fourth-order valence-corrected chi connectivity index (χ4v) is 2.34. The van der Waals surface area contributed by atoms with E-state index in [1.54, 1.807) is 36.4 Å². The molecule has 0 aliphatic rings. The van der Waals surface area contributed by atoms with Gasteiger partial charge in [0.25, 0.3) is 5.91 Å². The van der Waals surface area contributed by atoms with Gasteiger partial charge in [-0.3, -0.25) is 10.1 Å². The lowest BCUT2D eigenvalue weighted by molar-refractivity contribution is 0.0977. The van der Waals surface area contributed by atoms with E-state index in [9.17, 15) is 4.79 Å². The highest BCUT2D eigenvalue weighted by molar-refractivity contribution is 7.80. The molecule has 25 heavy (non-hydrogen) atoms. The summed E-state index contributed by atoms with van der Waals surface area (Å²) in [6.45, 7) is 3.58. The predicted octanol–water partition coefficient (Wildman–Crippen LogP) is 3.88. The zero-order valence-corrected chi connectivity index (χ0v) is 15.3. The molecule has 2 aromatic rings. The van der Waals surface area contributed by atoms with E-state index in [2.05, 4.69) is 10.6 Å².